The zero-order chi connectivity index (χ0) is 16.9. The van der Waals surface area contributed by atoms with E-state index in [1.165, 1.54) is 11.8 Å². The predicted octanol–water partition coefficient (Wildman–Crippen LogP) is 2.32. The van der Waals surface area contributed by atoms with Crippen LogP contribution in [0.15, 0.2) is 59.5 Å². The van der Waals surface area contributed by atoms with Gasteiger partial charge in [0.2, 0.25) is 5.91 Å². The molecule has 124 valence electrons. The molecule has 3 rings (SSSR count). The topological polar surface area (TPSA) is 58.6 Å². The van der Waals surface area contributed by atoms with Crippen molar-refractivity contribution in [2.45, 2.75) is 11.0 Å². The number of nitrogens with one attached hydrogen (secondary N) is 1. The van der Waals surface area contributed by atoms with Gasteiger partial charge in [0.05, 0.1) is 18.0 Å². The molecule has 0 radical (unpaired) electrons. The number of amides is 2. The van der Waals surface area contributed by atoms with E-state index in [1.54, 1.807) is 18.0 Å². The van der Waals surface area contributed by atoms with Crippen LogP contribution in [-0.4, -0.2) is 37.3 Å². The van der Waals surface area contributed by atoms with Crippen LogP contribution in [0.4, 0.5) is 5.69 Å². The molecule has 2 aromatic carbocycles. The molecule has 1 aliphatic heterocycles. The summed E-state index contributed by atoms with van der Waals surface area (Å²) in [4.78, 5) is 27.3. The maximum Gasteiger partial charge on any atom is 0.262 e. The highest BCUT2D eigenvalue weighted by Crippen LogP contribution is 2.33. The number of fused-ring (bicyclic) bond motifs is 1. The number of carbonyl (C=O) groups is 2. The summed E-state index contributed by atoms with van der Waals surface area (Å²) in [5, 5.41) is 2.58. The summed E-state index contributed by atoms with van der Waals surface area (Å²) in [5.74, 6) is 0.570. The average Bonchev–Trinajstić information content (AvgIpc) is 2.65. The van der Waals surface area contributed by atoms with Crippen molar-refractivity contribution in [2.75, 3.05) is 24.2 Å². The van der Waals surface area contributed by atoms with Gasteiger partial charge in [-0.05, 0) is 24.3 Å². The van der Waals surface area contributed by atoms with Gasteiger partial charge in [0.25, 0.3) is 5.91 Å². The second kappa shape index (κ2) is 7.40. The highest BCUT2D eigenvalue weighted by molar-refractivity contribution is 8.00. The van der Waals surface area contributed by atoms with E-state index >= 15 is 0 Å². The summed E-state index contributed by atoms with van der Waals surface area (Å²) < 4.78 is 5.72. The van der Waals surface area contributed by atoms with Crippen LogP contribution in [0, 0.1) is 0 Å². The van der Waals surface area contributed by atoms with E-state index in [0.717, 1.165) is 4.90 Å². The normalized spacial score (nSPS) is 16.0. The van der Waals surface area contributed by atoms with Crippen LogP contribution in [0.5, 0.6) is 5.75 Å². The first kappa shape index (κ1) is 16.4. The highest BCUT2D eigenvalue weighted by atomic mass is 32.2. The summed E-state index contributed by atoms with van der Waals surface area (Å²) in [5.41, 5.74) is 0.705. The van der Waals surface area contributed by atoms with E-state index in [-0.39, 0.29) is 18.4 Å². The summed E-state index contributed by atoms with van der Waals surface area (Å²) in [6.45, 7) is 0.213. The molecule has 0 saturated carbocycles. The third kappa shape index (κ3) is 3.54. The number of likely N-dealkylation sites (N-methyl/N-ethyl adjacent to an activating group) is 1. The largest absolute Gasteiger partial charge is 0.477 e. The molecule has 1 heterocycles. The quantitative estimate of drug-likeness (QED) is 0.867. The van der Waals surface area contributed by atoms with Crippen LogP contribution in [0.3, 0.4) is 0 Å². The predicted molar refractivity (Wildman–Crippen MR) is 94.4 cm³/mol. The van der Waals surface area contributed by atoms with Crippen molar-refractivity contribution in [3.63, 3.8) is 0 Å². The number of rotatable bonds is 4. The van der Waals surface area contributed by atoms with Crippen molar-refractivity contribution in [3.8, 4) is 5.75 Å². The lowest BCUT2D eigenvalue weighted by Gasteiger charge is -2.34. The maximum absolute atomic E-state index is 12.7. The Morgan fingerprint density at radius 2 is 1.88 bits per heavy atom. The number of thioether (sulfide) groups is 1. The van der Waals surface area contributed by atoms with Gasteiger partial charge in [-0.15, -0.1) is 11.8 Å². The molecule has 2 aromatic rings. The van der Waals surface area contributed by atoms with Crippen molar-refractivity contribution in [1.82, 2.24) is 5.32 Å². The molecule has 1 atom stereocenters. The average molecular weight is 342 g/mol. The lowest BCUT2D eigenvalue weighted by molar-refractivity contribution is -0.127. The molecular weight excluding hydrogens is 324 g/mol. The number of para-hydroxylation sites is 2. The van der Waals surface area contributed by atoms with Gasteiger partial charge in [0, 0.05) is 11.9 Å². The molecule has 24 heavy (non-hydrogen) atoms. The van der Waals surface area contributed by atoms with Gasteiger partial charge in [0.15, 0.2) is 6.10 Å². The van der Waals surface area contributed by atoms with Crippen LogP contribution in [-0.2, 0) is 9.59 Å². The molecule has 2 amide bonds. The first-order valence-corrected chi connectivity index (χ1v) is 8.63. The molecule has 1 aliphatic rings. The number of anilines is 1. The van der Waals surface area contributed by atoms with E-state index in [4.69, 9.17) is 4.74 Å². The Hall–Kier alpha value is -2.47. The van der Waals surface area contributed by atoms with Gasteiger partial charge < -0.3 is 15.0 Å². The minimum atomic E-state index is -0.699. The van der Waals surface area contributed by atoms with Crippen LogP contribution in [0.1, 0.15) is 0 Å². The lowest BCUT2D eigenvalue weighted by atomic mass is 10.2. The van der Waals surface area contributed by atoms with Crippen LogP contribution in [0.2, 0.25) is 0 Å². The van der Waals surface area contributed by atoms with Crippen molar-refractivity contribution < 1.29 is 14.3 Å². The monoisotopic (exact) mass is 342 g/mol. The number of hydrogen-bond acceptors (Lipinski definition) is 4. The second-order valence-corrected chi connectivity index (χ2v) is 6.34. The Morgan fingerprint density at radius 3 is 2.62 bits per heavy atom. The minimum absolute atomic E-state index is 0.0477. The van der Waals surface area contributed by atoms with E-state index in [0.29, 0.717) is 17.2 Å². The van der Waals surface area contributed by atoms with Gasteiger partial charge in [0.1, 0.15) is 5.75 Å². The van der Waals surface area contributed by atoms with E-state index in [9.17, 15) is 9.59 Å². The zero-order valence-electron chi connectivity index (χ0n) is 13.3. The smallest absolute Gasteiger partial charge is 0.262 e. The SMILES string of the molecule is CNC(=O)C1CN(C(=O)CSc2ccccc2)c2ccccc2O1. The first-order chi connectivity index (χ1) is 11.7. The van der Waals surface area contributed by atoms with E-state index < -0.39 is 6.10 Å². The maximum atomic E-state index is 12.7. The lowest BCUT2D eigenvalue weighted by Crippen LogP contribution is -2.50. The highest BCUT2D eigenvalue weighted by Gasteiger charge is 2.33. The first-order valence-electron chi connectivity index (χ1n) is 7.64. The summed E-state index contributed by atoms with van der Waals surface area (Å²) in [6, 6.07) is 17.1. The van der Waals surface area contributed by atoms with Gasteiger partial charge >= 0.3 is 0 Å². The fourth-order valence-corrected chi connectivity index (χ4v) is 3.30. The van der Waals surface area contributed by atoms with Crippen molar-refractivity contribution >= 4 is 29.3 Å². The number of hydrogen-bond donors (Lipinski definition) is 1. The number of ether oxygens (including phenoxy) is 1. The molecule has 5 nitrogen and oxygen atoms in total. The van der Waals surface area contributed by atoms with Gasteiger partial charge in [-0.1, -0.05) is 30.3 Å². The van der Waals surface area contributed by atoms with Crippen molar-refractivity contribution in [3.05, 3.63) is 54.6 Å². The second-order valence-electron chi connectivity index (χ2n) is 5.29. The summed E-state index contributed by atoms with van der Waals surface area (Å²) in [6.07, 6.45) is -0.699. The Labute approximate surface area is 145 Å². The van der Waals surface area contributed by atoms with Gasteiger partial charge in [-0.2, -0.15) is 0 Å². The molecule has 1 N–H and O–H groups in total. The Balaban J connectivity index is 1.77. The fraction of sp³-hybridized carbons (Fsp3) is 0.222. The zero-order valence-corrected chi connectivity index (χ0v) is 14.1. The summed E-state index contributed by atoms with van der Waals surface area (Å²) >= 11 is 1.48. The molecule has 0 bridgehead atoms. The Morgan fingerprint density at radius 1 is 1.17 bits per heavy atom. The standard InChI is InChI=1S/C18H18N2O3S/c1-19-18(22)16-11-20(14-9-5-6-10-15(14)23-16)17(21)12-24-13-7-3-2-4-8-13/h2-10,16H,11-12H2,1H3,(H,19,22). The summed E-state index contributed by atoms with van der Waals surface area (Å²) in [7, 11) is 1.56. The van der Waals surface area contributed by atoms with Crippen molar-refractivity contribution in [2.24, 2.45) is 0 Å². The van der Waals surface area contributed by atoms with Crippen LogP contribution in [0.25, 0.3) is 0 Å². The van der Waals surface area contributed by atoms with Crippen LogP contribution >= 0.6 is 11.8 Å². The number of nitrogens with zero attached hydrogens (tertiary/aromatic N) is 1. The molecule has 6 heteroatoms. The fourth-order valence-electron chi connectivity index (χ4n) is 2.51. The molecule has 0 spiro atoms. The van der Waals surface area contributed by atoms with Crippen LogP contribution < -0.4 is 15.0 Å². The van der Waals surface area contributed by atoms with Gasteiger partial charge in [-0.25, -0.2) is 0 Å². The van der Waals surface area contributed by atoms with Gasteiger partial charge in [-0.3, -0.25) is 9.59 Å². The Bertz CT molecular complexity index is 736. The molecule has 0 saturated heterocycles. The Kier molecular flexibility index (Phi) is 5.05. The van der Waals surface area contributed by atoms with E-state index in [1.807, 2.05) is 48.5 Å². The number of benzene rings is 2. The molecule has 1 unspecified atom stereocenters. The number of carbonyl (C=O) groups excluding carboxylic acids is 2. The minimum Gasteiger partial charge on any atom is -0.477 e. The molecule has 0 aromatic heterocycles. The third-order valence-corrected chi connectivity index (χ3v) is 4.72. The third-order valence-electron chi connectivity index (χ3n) is 3.72. The van der Waals surface area contributed by atoms with Crippen molar-refractivity contribution in [1.29, 1.82) is 0 Å². The molecule has 0 aliphatic carbocycles. The molecule has 0 fully saturated rings. The van der Waals surface area contributed by atoms with E-state index in [2.05, 4.69) is 5.32 Å². The molecular formula is C18H18N2O3S.